The van der Waals surface area contributed by atoms with Crippen molar-refractivity contribution in [2.24, 2.45) is 5.73 Å². The fourth-order valence-electron chi connectivity index (χ4n) is 1.61. The number of hydrogen-bond acceptors (Lipinski definition) is 1. The maximum absolute atomic E-state index is 13.0. The maximum atomic E-state index is 13.0. The molecule has 0 heterocycles. The Hall–Kier alpha value is -0.890. The van der Waals surface area contributed by atoms with Crippen molar-refractivity contribution < 1.29 is 4.39 Å². The van der Waals surface area contributed by atoms with Crippen molar-refractivity contribution >= 4 is 0 Å². The number of benzene rings is 1. The minimum atomic E-state index is -0.141. The van der Waals surface area contributed by atoms with Crippen molar-refractivity contribution in [1.29, 1.82) is 0 Å². The molecule has 0 spiro atoms. The van der Waals surface area contributed by atoms with Crippen LogP contribution in [-0.2, 0) is 6.42 Å². The lowest BCUT2D eigenvalue weighted by atomic mass is 10.0. The predicted molar refractivity (Wildman–Crippen MR) is 57.7 cm³/mol. The molecule has 1 aromatic rings. The van der Waals surface area contributed by atoms with E-state index in [0.29, 0.717) is 5.56 Å². The van der Waals surface area contributed by atoms with Gasteiger partial charge in [0.15, 0.2) is 0 Å². The van der Waals surface area contributed by atoms with Crippen LogP contribution < -0.4 is 5.73 Å². The summed E-state index contributed by atoms with van der Waals surface area (Å²) in [5, 5.41) is 0. The first-order valence-corrected chi connectivity index (χ1v) is 5.14. The fourth-order valence-corrected chi connectivity index (χ4v) is 1.61. The Morgan fingerprint density at radius 1 is 1.43 bits per heavy atom. The average molecular weight is 195 g/mol. The molecule has 14 heavy (non-hydrogen) atoms. The summed E-state index contributed by atoms with van der Waals surface area (Å²) in [6, 6.07) is 5.41. The molecule has 1 nitrogen and oxygen atoms in total. The van der Waals surface area contributed by atoms with E-state index >= 15 is 0 Å². The van der Waals surface area contributed by atoms with Gasteiger partial charge in [-0.15, -0.1) is 0 Å². The largest absolute Gasteiger partial charge is 0.327 e. The van der Waals surface area contributed by atoms with Crippen LogP contribution in [0.25, 0.3) is 0 Å². The van der Waals surface area contributed by atoms with E-state index < -0.39 is 0 Å². The van der Waals surface area contributed by atoms with Crippen LogP contribution in [0, 0.1) is 12.7 Å². The van der Waals surface area contributed by atoms with E-state index in [1.165, 1.54) is 6.07 Å². The Kier molecular flexibility index (Phi) is 4.08. The standard InChI is InChI=1S/C12H18FN/c1-3-4-11(14)8-10-5-6-12(13)9(2)7-10/h5-7,11H,3-4,8,14H2,1-2H3. The third kappa shape index (κ3) is 3.11. The van der Waals surface area contributed by atoms with Crippen LogP contribution >= 0.6 is 0 Å². The first-order valence-electron chi connectivity index (χ1n) is 5.14. The van der Waals surface area contributed by atoms with Gasteiger partial charge in [0.1, 0.15) is 5.82 Å². The van der Waals surface area contributed by atoms with Gasteiger partial charge in [-0.25, -0.2) is 4.39 Å². The molecule has 1 unspecified atom stereocenters. The minimum absolute atomic E-state index is 0.141. The van der Waals surface area contributed by atoms with E-state index in [1.807, 2.05) is 12.1 Å². The van der Waals surface area contributed by atoms with Crippen molar-refractivity contribution in [2.75, 3.05) is 0 Å². The van der Waals surface area contributed by atoms with Crippen LogP contribution in [0.2, 0.25) is 0 Å². The molecule has 0 aromatic heterocycles. The van der Waals surface area contributed by atoms with E-state index in [4.69, 9.17) is 5.73 Å². The van der Waals surface area contributed by atoms with Gasteiger partial charge in [-0.2, -0.15) is 0 Å². The van der Waals surface area contributed by atoms with Gasteiger partial charge in [0.2, 0.25) is 0 Å². The Morgan fingerprint density at radius 3 is 2.71 bits per heavy atom. The lowest BCUT2D eigenvalue weighted by molar-refractivity contribution is 0.594. The summed E-state index contributed by atoms with van der Waals surface area (Å²) >= 11 is 0. The predicted octanol–water partition coefficient (Wildman–Crippen LogP) is 2.80. The Bertz CT molecular complexity index is 296. The molecule has 2 heteroatoms. The topological polar surface area (TPSA) is 26.0 Å². The van der Waals surface area contributed by atoms with Gasteiger partial charge in [0.05, 0.1) is 0 Å². The second-order valence-corrected chi connectivity index (χ2v) is 3.84. The van der Waals surface area contributed by atoms with Gasteiger partial charge in [0.25, 0.3) is 0 Å². The zero-order valence-electron chi connectivity index (χ0n) is 8.89. The highest BCUT2D eigenvalue weighted by Gasteiger charge is 2.04. The average Bonchev–Trinajstić information content (AvgIpc) is 2.12. The van der Waals surface area contributed by atoms with E-state index in [2.05, 4.69) is 6.92 Å². The second kappa shape index (κ2) is 5.11. The summed E-state index contributed by atoms with van der Waals surface area (Å²) in [4.78, 5) is 0. The van der Waals surface area contributed by atoms with E-state index in [-0.39, 0.29) is 11.9 Å². The molecule has 0 saturated heterocycles. The number of hydrogen-bond donors (Lipinski definition) is 1. The summed E-state index contributed by atoms with van der Waals surface area (Å²) in [5.74, 6) is -0.141. The van der Waals surface area contributed by atoms with Gasteiger partial charge in [-0.05, 0) is 37.0 Å². The zero-order valence-corrected chi connectivity index (χ0v) is 8.89. The molecule has 1 aromatic carbocycles. The first-order chi connectivity index (χ1) is 6.63. The van der Waals surface area contributed by atoms with E-state index in [9.17, 15) is 4.39 Å². The monoisotopic (exact) mass is 195 g/mol. The number of rotatable bonds is 4. The first kappa shape index (κ1) is 11.2. The van der Waals surface area contributed by atoms with Gasteiger partial charge in [-0.3, -0.25) is 0 Å². The molecule has 1 rings (SSSR count). The minimum Gasteiger partial charge on any atom is -0.327 e. The third-order valence-corrected chi connectivity index (χ3v) is 2.38. The molecule has 0 aliphatic carbocycles. The Morgan fingerprint density at radius 2 is 2.14 bits per heavy atom. The highest BCUT2D eigenvalue weighted by Crippen LogP contribution is 2.11. The van der Waals surface area contributed by atoms with Crippen LogP contribution in [0.5, 0.6) is 0 Å². The molecule has 0 fully saturated rings. The Balaban J connectivity index is 2.63. The summed E-state index contributed by atoms with van der Waals surface area (Å²) in [6.07, 6.45) is 2.97. The smallest absolute Gasteiger partial charge is 0.126 e. The van der Waals surface area contributed by atoms with E-state index in [1.54, 1.807) is 6.92 Å². The van der Waals surface area contributed by atoms with Crippen LogP contribution in [0.15, 0.2) is 18.2 Å². The zero-order chi connectivity index (χ0) is 10.6. The van der Waals surface area contributed by atoms with Crippen LogP contribution in [0.4, 0.5) is 4.39 Å². The van der Waals surface area contributed by atoms with Gasteiger partial charge >= 0.3 is 0 Å². The Labute approximate surface area is 85.1 Å². The highest BCUT2D eigenvalue weighted by molar-refractivity contribution is 5.24. The molecule has 2 N–H and O–H groups in total. The van der Waals surface area contributed by atoms with Crippen LogP contribution in [-0.4, -0.2) is 6.04 Å². The van der Waals surface area contributed by atoms with Crippen molar-refractivity contribution in [1.82, 2.24) is 0 Å². The van der Waals surface area contributed by atoms with Crippen molar-refractivity contribution in [3.8, 4) is 0 Å². The van der Waals surface area contributed by atoms with Gasteiger partial charge in [0, 0.05) is 6.04 Å². The van der Waals surface area contributed by atoms with Crippen LogP contribution in [0.1, 0.15) is 30.9 Å². The molecule has 0 saturated carbocycles. The number of halogens is 1. The molecule has 0 amide bonds. The summed E-state index contributed by atoms with van der Waals surface area (Å²) < 4.78 is 13.0. The lowest BCUT2D eigenvalue weighted by Gasteiger charge is -2.10. The summed E-state index contributed by atoms with van der Waals surface area (Å²) in [6.45, 7) is 3.90. The number of aryl methyl sites for hydroxylation is 1. The van der Waals surface area contributed by atoms with Crippen LogP contribution in [0.3, 0.4) is 0 Å². The molecule has 1 atom stereocenters. The molecule has 78 valence electrons. The van der Waals surface area contributed by atoms with Crippen molar-refractivity contribution in [3.63, 3.8) is 0 Å². The molecule has 0 aliphatic rings. The van der Waals surface area contributed by atoms with Gasteiger partial charge in [-0.1, -0.05) is 25.5 Å². The molecule has 0 bridgehead atoms. The summed E-state index contributed by atoms with van der Waals surface area (Å²) in [7, 11) is 0. The second-order valence-electron chi connectivity index (χ2n) is 3.84. The number of nitrogens with two attached hydrogens (primary N) is 1. The SMILES string of the molecule is CCCC(N)Cc1ccc(F)c(C)c1. The molecular formula is C12H18FN. The molecular weight excluding hydrogens is 177 g/mol. The third-order valence-electron chi connectivity index (χ3n) is 2.38. The molecule has 0 aliphatic heterocycles. The fraction of sp³-hybridized carbons (Fsp3) is 0.500. The van der Waals surface area contributed by atoms with Crippen molar-refractivity contribution in [2.45, 2.75) is 39.2 Å². The lowest BCUT2D eigenvalue weighted by Crippen LogP contribution is -2.22. The normalized spacial score (nSPS) is 12.9. The highest BCUT2D eigenvalue weighted by atomic mass is 19.1. The van der Waals surface area contributed by atoms with Crippen molar-refractivity contribution in [3.05, 3.63) is 35.1 Å². The maximum Gasteiger partial charge on any atom is 0.126 e. The van der Waals surface area contributed by atoms with Gasteiger partial charge < -0.3 is 5.73 Å². The van der Waals surface area contributed by atoms with E-state index in [0.717, 1.165) is 24.8 Å². The molecule has 0 radical (unpaired) electrons. The quantitative estimate of drug-likeness (QED) is 0.785. The summed E-state index contributed by atoms with van der Waals surface area (Å²) in [5.41, 5.74) is 7.74.